The van der Waals surface area contributed by atoms with E-state index < -0.39 is 0 Å². The van der Waals surface area contributed by atoms with E-state index in [-0.39, 0.29) is 5.69 Å². The number of nitrogens with zero attached hydrogens (tertiary/aromatic N) is 1. The van der Waals surface area contributed by atoms with E-state index in [9.17, 15) is 4.79 Å². The van der Waals surface area contributed by atoms with Crippen LogP contribution in [0, 0.1) is 0 Å². The second-order valence-corrected chi connectivity index (χ2v) is 4.56. The van der Waals surface area contributed by atoms with Crippen LogP contribution in [0.3, 0.4) is 0 Å². The van der Waals surface area contributed by atoms with Crippen LogP contribution in [-0.2, 0) is 0 Å². The number of hydrogen-bond donors (Lipinski definition) is 1. The fourth-order valence-corrected chi connectivity index (χ4v) is 2.25. The molecule has 3 rings (SSSR count). The molecule has 1 N–H and O–H groups in total. The number of H-pyrrole nitrogens is 1. The van der Waals surface area contributed by atoms with Gasteiger partial charge in [-0.1, -0.05) is 17.7 Å². The van der Waals surface area contributed by atoms with E-state index in [1.165, 1.54) is 0 Å². The van der Waals surface area contributed by atoms with Gasteiger partial charge in [-0.15, -0.1) is 0 Å². The van der Waals surface area contributed by atoms with E-state index in [4.69, 9.17) is 16.3 Å². The van der Waals surface area contributed by atoms with Gasteiger partial charge in [-0.25, -0.2) is 4.79 Å². The molecule has 0 aliphatic rings. The van der Waals surface area contributed by atoms with Crippen LogP contribution in [0.4, 0.5) is 0 Å². The van der Waals surface area contributed by atoms with Crippen LogP contribution < -0.4 is 10.4 Å². The van der Waals surface area contributed by atoms with Gasteiger partial charge in [0.25, 0.3) is 0 Å². The molecule has 19 heavy (non-hydrogen) atoms. The van der Waals surface area contributed by atoms with Crippen molar-refractivity contribution >= 4 is 22.6 Å². The minimum absolute atomic E-state index is 0.203. The van der Waals surface area contributed by atoms with E-state index >= 15 is 0 Å². The van der Waals surface area contributed by atoms with Crippen molar-refractivity contribution < 1.29 is 4.74 Å². The van der Waals surface area contributed by atoms with Crippen molar-refractivity contribution in [2.45, 2.75) is 0 Å². The molecule has 2 aromatic carbocycles. The number of hydrogen-bond acceptors (Lipinski definition) is 2. The highest BCUT2D eigenvalue weighted by Crippen LogP contribution is 2.22. The number of ether oxygens (including phenoxy) is 1. The summed E-state index contributed by atoms with van der Waals surface area (Å²) in [5.74, 6) is 0.695. The molecule has 4 nitrogen and oxygen atoms in total. The average molecular weight is 275 g/mol. The lowest BCUT2D eigenvalue weighted by Gasteiger charge is -2.06. The molecule has 0 amide bonds. The monoisotopic (exact) mass is 274 g/mol. The van der Waals surface area contributed by atoms with Crippen LogP contribution >= 0.6 is 11.6 Å². The Morgan fingerprint density at radius 2 is 2.05 bits per heavy atom. The van der Waals surface area contributed by atoms with Crippen molar-refractivity contribution in [1.29, 1.82) is 0 Å². The van der Waals surface area contributed by atoms with E-state index in [0.717, 1.165) is 16.7 Å². The summed E-state index contributed by atoms with van der Waals surface area (Å²) in [4.78, 5) is 14.9. The quantitative estimate of drug-likeness (QED) is 0.781. The van der Waals surface area contributed by atoms with Gasteiger partial charge in [0.05, 0.1) is 23.8 Å². The largest absolute Gasteiger partial charge is 0.497 e. The highest BCUT2D eigenvalue weighted by Gasteiger charge is 2.09. The molecule has 0 radical (unpaired) electrons. The number of fused-ring (bicyclic) bond motifs is 1. The molecule has 0 atom stereocenters. The average Bonchev–Trinajstić information content (AvgIpc) is 2.74. The maximum Gasteiger partial charge on any atom is 0.331 e. The zero-order chi connectivity index (χ0) is 13.4. The van der Waals surface area contributed by atoms with Crippen molar-refractivity contribution in [2.75, 3.05) is 7.11 Å². The normalized spacial score (nSPS) is 10.8. The third-order valence-electron chi connectivity index (χ3n) is 2.96. The van der Waals surface area contributed by atoms with Crippen LogP contribution in [0.5, 0.6) is 5.75 Å². The number of aromatic nitrogens is 2. The summed E-state index contributed by atoms with van der Waals surface area (Å²) in [6, 6.07) is 12.6. The van der Waals surface area contributed by atoms with Crippen LogP contribution in [-0.4, -0.2) is 16.7 Å². The molecule has 0 aliphatic carbocycles. The first-order valence-corrected chi connectivity index (χ1v) is 6.11. The lowest BCUT2D eigenvalue weighted by molar-refractivity contribution is 0.414. The maximum atomic E-state index is 12.1. The first kappa shape index (κ1) is 11.9. The number of methoxy groups -OCH3 is 1. The third kappa shape index (κ3) is 2.00. The molecule has 3 aromatic rings. The van der Waals surface area contributed by atoms with Crippen LogP contribution in [0.25, 0.3) is 16.7 Å². The van der Waals surface area contributed by atoms with Crippen LogP contribution in [0.2, 0.25) is 5.02 Å². The Bertz CT molecular complexity index is 805. The lowest BCUT2D eigenvalue weighted by atomic mass is 10.2. The van der Waals surface area contributed by atoms with E-state index in [0.29, 0.717) is 10.8 Å². The van der Waals surface area contributed by atoms with Crippen molar-refractivity contribution in [3.8, 4) is 11.4 Å². The Hall–Kier alpha value is -2.20. The number of benzene rings is 2. The summed E-state index contributed by atoms with van der Waals surface area (Å²) in [6.45, 7) is 0. The van der Waals surface area contributed by atoms with Gasteiger partial charge in [0.1, 0.15) is 5.75 Å². The lowest BCUT2D eigenvalue weighted by Crippen LogP contribution is -2.14. The predicted octanol–water partition coefficient (Wildman–Crippen LogP) is 2.98. The Kier molecular flexibility index (Phi) is 2.80. The molecule has 0 saturated heterocycles. The second-order valence-electron chi connectivity index (χ2n) is 4.13. The molecule has 5 heteroatoms. The molecule has 96 valence electrons. The molecule has 0 fully saturated rings. The van der Waals surface area contributed by atoms with Gasteiger partial charge in [-0.05, 0) is 30.3 Å². The summed E-state index contributed by atoms with van der Waals surface area (Å²) in [5.41, 5.74) is 2.02. The molecule has 0 unspecified atom stereocenters. The van der Waals surface area contributed by atoms with Crippen LogP contribution in [0.15, 0.2) is 47.3 Å². The minimum Gasteiger partial charge on any atom is -0.497 e. The fraction of sp³-hybridized carbons (Fsp3) is 0.0714. The number of nitrogens with one attached hydrogen (secondary N) is 1. The summed E-state index contributed by atoms with van der Waals surface area (Å²) >= 11 is 5.99. The molecule has 1 heterocycles. The van der Waals surface area contributed by atoms with E-state index in [1.807, 2.05) is 18.2 Å². The molecule has 0 saturated carbocycles. The molecule has 1 aromatic heterocycles. The molecule has 0 aliphatic heterocycles. The third-order valence-corrected chi connectivity index (χ3v) is 3.19. The Morgan fingerprint density at radius 1 is 1.21 bits per heavy atom. The van der Waals surface area contributed by atoms with Gasteiger partial charge >= 0.3 is 5.69 Å². The zero-order valence-electron chi connectivity index (χ0n) is 10.2. The summed E-state index contributed by atoms with van der Waals surface area (Å²) < 4.78 is 6.75. The Balaban J connectivity index is 2.32. The van der Waals surface area contributed by atoms with Crippen molar-refractivity contribution in [1.82, 2.24) is 9.55 Å². The summed E-state index contributed by atoms with van der Waals surface area (Å²) in [6.07, 6.45) is 0. The molecular weight excluding hydrogens is 264 g/mol. The van der Waals surface area contributed by atoms with Crippen molar-refractivity contribution in [3.05, 3.63) is 58.0 Å². The summed E-state index contributed by atoms with van der Waals surface area (Å²) in [5, 5.41) is 0.586. The molecule has 0 bridgehead atoms. The highest BCUT2D eigenvalue weighted by molar-refractivity contribution is 6.31. The zero-order valence-corrected chi connectivity index (χ0v) is 10.9. The van der Waals surface area contributed by atoms with Crippen LogP contribution in [0.1, 0.15) is 0 Å². The summed E-state index contributed by atoms with van der Waals surface area (Å²) in [7, 11) is 1.59. The smallest absolute Gasteiger partial charge is 0.331 e. The first-order valence-electron chi connectivity index (χ1n) is 5.74. The highest BCUT2D eigenvalue weighted by atomic mass is 35.5. The number of aromatic amines is 1. The van der Waals surface area contributed by atoms with Gasteiger partial charge in [-0.2, -0.15) is 0 Å². The van der Waals surface area contributed by atoms with Crippen molar-refractivity contribution in [2.24, 2.45) is 0 Å². The first-order chi connectivity index (χ1) is 9.19. The topological polar surface area (TPSA) is 47.0 Å². The minimum atomic E-state index is -0.203. The number of rotatable bonds is 2. The Labute approximate surface area is 114 Å². The van der Waals surface area contributed by atoms with Gasteiger partial charge in [0.15, 0.2) is 0 Å². The van der Waals surface area contributed by atoms with E-state index in [1.54, 1.807) is 35.9 Å². The maximum absolute atomic E-state index is 12.1. The SMILES string of the molecule is COc1cccc(-n2c(=O)[nH]c3ccc(Cl)cc32)c1. The molecule has 0 spiro atoms. The number of imidazole rings is 1. The van der Waals surface area contributed by atoms with E-state index in [2.05, 4.69) is 4.98 Å². The second kappa shape index (κ2) is 4.48. The van der Waals surface area contributed by atoms with Gasteiger partial charge < -0.3 is 9.72 Å². The van der Waals surface area contributed by atoms with Gasteiger partial charge in [0.2, 0.25) is 0 Å². The fourth-order valence-electron chi connectivity index (χ4n) is 2.08. The standard InChI is InChI=1S/C14H11ClN2O2/c1-19-11-4-2-3-10(8-11)17-13-7-9(15)5-6-12(13)16-14(17)18/h2-8H,1H3,(H,16,18). The Morgan fingerprint density at radius 3 is 2.84 bits per heavy atom. The number of halogens is 1. The predicted molar refractivity (Wildman–Crippen MR) is 75.5 cm³/mol. The molecular formula is C14H11ClN2O2. The van der Waals surface area contributed by atoms with Gasteiger partial charge in [-0.3, -0.25) is 4.57 Å². The van der Waals surface area contributed by atoms with Gasteiger partial charge in [0, 0.05) is 11.1 Å². The van der Waals surface area contributed by atoms with Crippen molar-refractivity contribution in [3.63, 3.8) is 0 Å².